The Bertz CT molecular complexity index is 597. The van der Waals surface area contributed by atoms with Crippen LogP contribution in [0, 0.1) is 11.6 Å². The molecule has 1 aliphatic rings. The smallest absolute Gasteiger partial charge is 0.228 e. The Morgan fingerprint density at radius 1 is 1.25 bits per heavy atom. The van der Waals surface area contributed by atoms with E-state index in [2.05, 4.69) is 10.1 Å². The van der Waals surface area contributed by atoms with Crippen molar-refractivity contribution in [2.75, 3.05) is 19.7 Å². The van der Waals surface area contributed by atoms with Gasteiger partial charge in [0.1, 0.15) is 0 Å². The van der Waals surface area contributed by atoms with Gasteiger partial charge in [0.05, 0.1) is 6.61 Å². The summed E-state index contributed by atoms with van der Waals surface area (Å²) in [5.41, 5.74) is 0.385. The minimum atomic E-state index is -0.931. The van der Waals surface area contributed by atoms with Crippen molar-refractivity contribution in [2.24, 2.45) is 0 Å². The second kappa shape index (κ2) is 5.64. The Hall–Kier alpha value is -1.86. The summed E-state index contributed by atoms with van der Waals surface area (Å²) in [5.74, 6) is -1.13. The van der Waals surface area contributed by atoms with Crippen LogP contribution in [0.1, 0.15) is 12.3 Å². The van der Waals surface area contributed by atoms with E-state index in [1.165, 1.54) is 6.07 Å². The molecule has 0 N–H and O–H groups in total. The van der Waals surface area contributed by atoms with Crippen molar-refractivity contribution in [3.05, 3.63) is 35.7 Å². The predicted molar refractivity (Wildman–Crippen MR) is 65.5 cm³/mol. The van der Waals surface area contributed by atoms with Gasteiger partial charge in [0.2, 0.25) is 11.7 Å². The third kappa shape index (κ3) is 2.83. The summed E-state index contributed by atoms with van der Waals surface area (Å²) in [5, 5.41) is 5.62. The summed E-state index contributed by atoms with van der Waals surface area (Å²) in [6.07, 6.45) is 1.57. The lowest BCUT2D eigenvalue weighted by Gasteiger charge is -2.10. The van der Waals surface area contributed by atoms with E-state index in [1.54, 1.807) is 0 Å². The van der Waals surface area contributed by atoms with E-state index in [1.807, 2.05) is 5.06 Å². The van der Waals surface area contributed by atoms with Crippen molar-refractivity contribution in [2.45, 2.75) is 12.8 Å². The summed E-state index contributed by atoms with van der Waals surface area (Å²) in [6, 6.07) is 3.50. The molecule has 0 atom stereocenters. The van der Waals surface area contributed by atoms with E-state index in [0.717, 1.165) is 31.7 Å². The molecule has 2 heterocycles. The number of aromatic nitrogens is 2. The fourth-order valence-corrected chi connectivity index (χ4v) is 2.00. The second-order valence-corrected chi connectivity index (χ2v) is 4.51. The van der Waals surface area contributed by atoms with Gasteiger partial charge in [-0.1, -0.05) is 5.16 Å². The van der Waals surface area contributed by atoms with Crippen LogP contribution in [-0.2, 0) is 11.3 Å². The van der Waals surface area contributed by atoms with Gasteiger partial charge in [0.25, 0.3) is 0 Å². The van der Waals surface area contributed by atoms with Gasteiger partial charge >= 0.3 is 0 Å². The first-order chi connectivity index (χ1) is 9.72. The molecule has 0 unspecified atom stereocenters. The van der Waals surface area contributed by atoms with Gasteiger partial charge < -0.3 is 4.52 Å². The Kier molecular flexibility index (Phi) is 3.70. The fourth-order valence-electron chi connectivity index (χ4n) is 2.00. The van der Waals surface area contributed by atoms with Crippen molar-refractivity contribution in [3.63, 3.8) is 0 Å². The monoisotopic (exact) mass is 281 g/mol. The average Bonchev–Trinajstić information content (AvgIpc) is 3.10. The molecule has 2 aromatic rings. The molecule has 0 amide bonds. The molecule has 0 bridgehead atoms. The van der Waals surface area contributed by atoms with Crippen LogP contribution in [-0.4, -0.2) is 34.9 Å². The summed E-state index contributed by atoms with van der Waals surface area (Å²) >= 11 is 0. The van der Waals surface area contributed by atoms with Crippen LogP contribution in [0.15, 0.2) is 22.7 Å². The van der Waals surface area contributed by atoms with E-state index >= 15 is 0 Å². The van der Waals surface area contributed by atoms with Gasteiger partial charge in [0, 0.05) is 25.1 Å². The number of hydrogen-bond donors (Lipinski definition) is 0. The van der Waals surface area contributed by atoms with Crippen LogP contribution in [0.5, 0.6) is 0 Å². The number of hydrogen-bond acceptors (Lipinski definition) is 5. The first-order valence-corrected chi connectivity index (χ1v) is 6.38. The zero-order chi connectivity index (χ0) is 13.9. The van der Waals surface area contributed by atoms with E-state index in [9.17, 15) is 8.78 Å². The minimum Gasteiger partial charge on any atom is -0.339 e. The van der Waals surface area contributed by atoms with Gasteiger partial charge in [-0.05, 0) is 24.6 Å². The van der Waals surface area contributed by atoms with Crippen molar-refractivity contribution in [3.8, 4) is 11.4 Å². The van der Waals surface area contributed by atoms with Gasteiger partial charge in [-0.2, -0.15) is 10.0 Å². The number of benzene rings is 1. The Balaban J connectivity index is 1.67. The lowest BCUT2D eigenvalue weighted by atomic mass is 10.2. The molecule has 7 heteroatoms. The maximum Gasteiger partial charge on any atom is 0.228 e. The van der Waals surface area contributed by atoms with Crippen LogP contribution in [0.3, 0.4) is 0 Å². The number of hydroxylamine groups is 2. The molecule has 3 rings (SSSR count). The molecule has 0 radical (unpaired) electrons. The van der Waals surface area contributed by atoms with Gasteiger partial charge in [0.15, 0.2) is 11.6 Å². The van der Waals surface area contributed by atoms with Crippen LogP contribution in [0.25, 0.3) is 11.4 Å². The van der Waals surface area contributed by atoms with Crippen LogP contribution in [0.2, 0.25) is 0 Å². The lowest BCUT2D eigenvalue weighted by Crippen LogP contribution is -2.20. The Morgan fingerprint density at radius 3 is 2.90 bits per heavy atom. The maximum atomic E-state index is 13.1. The quantitative estimate of drug-likeness (QED) is 0.860. The molecule has 1 aliphatic heterocycles. The largest absolute Gasteiger partial charge is 0.339 e. The highest BCUT2D eigenvalue weighted by Gasteiger charge is 2.15. The van der Waals surface area contributed by atoms with Crippen LogP contribution < -0.4 is 0 Å². The van der Waals surface area contributed by atoms with Crippen molar-refractivity contribution in [1.82, 2.24) is 15.2 Å². The van der Waals surface area contributed by atoms with Gasteiger partial charge in [-0.3, -0.25) is 4.84 Å². The van der Waals surface area contributed by atoms with E-state index in [-0.39, 0.29) is 5.82 Å². The zero-order valence-electron chi connectivity index (χ0n) is 10.7. The number of nitrogens with zero attached hydrogens (tertiary/aromatic N) is 3. The highest BCUT2D eigenvalue weighted by atomic mass is 19.2. The molecular formula is C13H13F2N3O2. The second-order valence-electron chi connectivity index (χ2n) is 4.51. The normalized spacial score (nSPS) is 15.9. The molecule has 0 aliphatic carbocycles. The highest BCUT2D eigenvalue weighted by molar-refractivity contribution is 5.54. The molecule has 106 valence electrons. The highest BCUT2D eigenvalue weighted by Crippen LogP contribution is 2.19. The van der Waals surface area contributed by atoms with Crippen molar-refractivity contribution < 1.29 is 18.1 Å². The zero-order valence-corrected chi connectivity index (χ0v) is 10.7. The van der Waals surface area contributed by atoms with E-state index in [0.29, 0.717) is 24.4 Å². The Labute approximate surface area is 114 Å². The molecule has 1 saturated heterocycles. The van der Waals surface area contributed by atoms with E-state index in [4.69, 9.17) is 9.36 Å². The lowest BCUT2D eigenvalue weighted by molar-refractivity contribution is -0.109. The summed E-state index contributed by atoms with van der Waals surface area (Å²) < 4.78 is 31.1. The molecule has 0 spiro atoms. The minimum absolute atomic E-state index is 0.251. The van der Waals surface area contributed by atoms with Gasteiger partial charge in [-0.25, -0.2) is 8.78 Å². The maximum absolute atomic E-state index is 13.1. The van der Waals surface area contributed by atoms with Crippen LogP contribution >= 0.6 is 0 Å². The molecular weight excluding hydrogens is 268 g/mol. The topological polar surface area (TPSA) is 51.4 Å². The summed E-state index contributed by atoms with van der Waals surface area (Å²) in [4.78, 5) is 9.51. The van der Waals surface area contributed by atoms with E-state index < -0.39 is 11.6 Å². The fraction of sp³-hybridized carbons (Fsp3) is 0.385. The first-order valence-electron chi connectivity index (χ1n) is 6.38. The van der Waals surface area contributed by atoms with Crippen LogP contribution in [0.4, 0.5) is 8.78 Å². The molecule has 1 aromatic heterocycles. The number of rotatable bonds is 4. The number of halogens is 2. The average molecular weight is 281 g/mol. The predicted octanol–water partition coefficient (Wildman–Crippen LogP) is 2.19. The van der Waals surface area contributed by atoms with Crippen molar-refractivity contribution in [1.29, 1.82) is 0 Å². The molecule has 1 aromatic carbocycles. The first kappa shape index (κ1) is 13.1. The molecule has 0 saturated carbocycles. The van der Waals surface area contributed by atoms with Crippen molar-refractivity contribution >= 4 is 0 Å². The molecule has 20 heavy (non-hydrogen) atoms. The third-order valence-electron chi connectivity index (χ3n) is 3.05. The Morgan fingerprint density at radius 2 is 2.15 bits per heavy atom. The SMILES string of the molecule is Fc1ccc(-c2noc(CCN3CCCO3)n2)cc1F. The summed E-state index contributed by atoms with van der Waals surface area (Å²) in [6.45, 7) is 2.30. The molecule has 5 nitrogen and oxygen atoms in total. The third-order valence-corrected chi connectivity index (χ3v) is 3.05. The summed E-state index contributed by atoms with van der Waals surface area (Å²) in [7, 11) is 0. The standard InChI is InChI=1S/C13H13F2N3O2/c14-10-3-2-9(8-11(10)15)13-16-12(20-17-13)4-6-18-5-1-7-19-18/h2-3,8H,1,4-7H2. The molecule has 1 fully saturated rings. The van der Waals surface area contributed by atoms with Gasteiger partial charge in [-0.15, -0.1) is 0 Å².